The van der Waals surface area contributed by atoms with Crippen LogP contribution in [0.15, 0.2) is 23.1 Å². The summed E-state index contributed by atoms with van der Waals surface area (Å²) in [4.78, 5) is 23.6. The summed E-state index contributed by atoms with van der Waals surface area (Å²) in [5.74, 6) is -2.98. The third-order valence-electron chi connectivity index (χ3n) is 3.94. The minimum atomic E-state index is -4.30. The molecule has 1 aliphatic rings. The summed E-state index contributed by atoms with van der Waals surface area (Å²) in [7, 11) is -2.85. The molecule has 1 saturated heterocycles. The number of nitrogens with one attached hydrogen (secondary N) is 2. The van der Waals surface area contributed by atoms with E-state index in [0.717, 1.165) is 22.5 Å². The van der Waals surface area contributed by atoms with Gasteiger partial charge in [0.2, 0.25) is 21.8 Å². The molecule has 0 unspecified atom stereocenters. The summed E-state index contributed by atoms with van der Waals surface area (Å²) in [6.07, 6.45) is 0. The molecule has 1 heterocycles. The molecule has 1 aliphatic heterocycles. The van der Waals surface area contributed by atoms with Crippen molar-refractivity contribution in [3.8, 4) is 0 Å². The van der Waals surface area contributed by atoms with Crippen molar-refractivity contribution in [3.05, 3.63) is 29.8 Å². The van der Waals surface area contributed by atoms with E-state index in [4.69, 9.17) is 0 Å². The van der Waals surface area contributed by atoms with Gasteiger partial charge in [-0.2, -0.15) is 4.31 Å². The Hall–Kier alpha value is -2.11. The molecule has 0 radical (unpaired) electrons. The molecule has 0 aliphatic carbocycles. The fraction of sp³-hybridized carbons (Fsp3) is 0.467. The number of sulfonamides is 1. The van der Waals surface area contributed by atoms with Gasteiger partial charge in [0.05, 0.1) is 13.1 Å². The molecule has 1 aromatic carbocycles. The van der Waals surface area contributed by atoms with Gasteiger partial charge in [-0.05, 0) is 12.1 Å². The lowest BCUT2D eigenvalue weighted by atomic mass is 10.3. The zero-order chi connectivity index (χ0) is 19.3. The molecule has 1 fully saturated rings. The van der Waals surface area contributed by atoms with Crippen molar-refractivity contribution in [1.82, 2.24) is 19.8 Å². The number of hydrogen-bond donors (Lipinski definition) is 2. The van der Waals surface area contributed by atoms with Crippen LogP contribution in [-0.4, -0.2) is 75.8 Å². The zero-order valence-corrected chi connectivity index (χ0v) is 15.0. The number of halogens is 2. The highest BCUT2D eigenvalue weighted by atomic mass is 32.2. The maximum atomic E-state index is 13.8. The number of amides is 2. The molecule has 26 heavy (non-hydrogen) atoms. The highest BCUT2D eigenvalue weighted by Gasteiger charge is 2.33. The van der Waals surface area contributed by atoms with Crippen LogP contribution in [0.4, 0.5) is 8.78 Å². The third kappa shape index (κ3) is 4.74. The van der Waals surface area contributed by atoms with Gasteiger partial charge >= 0.3 is 0 Å². The van der Waals surface area contributed by atoms with E-state index in [1.54, 1.807) is 4.90 Å². The Balaban J connectivity index is 1.94. The van der Waals surface area contributed by atoms with Crippen molar-refractivity contribution >= 4 is 21.8 Å². The summed E-state index contributed by atoms with van der Waals surface area (Å²) in [6.45, 7) is 0.304. The second-order valence-corrected chi connectivity index (χ2v) is 7.56. The first-order valence-corrected chi connectivity index (χ1v) is 9.33. The zero-order valence-electron chi connectivity index (χ0n) is 14.2. The Bertz CT molecular complexity index is 760. The smallest absolute Gasteiger partial charge is 0.249 e. The first-order chi connectivity index (χ1) is 12.3. The van der Waals surface area contributed by atoms with E-state index in [0.29, 0.717) is 0 Å². The first kappa shape index (κ1) is 20.2. The van der Waals surface area contributed by atoms with Gasteiger partial charge in [-0.25, -0.2) is 17.2 Å². The van der Waals surface area contributed by atoms with E-state index in [9.17, 15) is 26.8 Å². The van der Waals surface area contributed by atoms with Gasteiger partial charge in [0.25, 0.3) is 0 Å². The largest absolute Gasteiger partial charge is 0.358 e. The number of nitrogens with zero attached hydrogens (tertiary/aromatic N) is 2. The fourth-order valence-electron chi connectivity index (χ4n) is 2.51. The molecule has 0 aromatic heterocycles. The molecule has 2 rings (SSSR count). The number of benzene rings is 1. The summed E-state index contributed by atoms with van der Waals surface area (Å²) < 4.78 is 53.5. The number of carbonyl (C=O) groups excluding carboxylic acids is 2. The maximum Gasteiger partial charge on any atom is 0.249 e. The second kappa shape index (κ2) is 8.52. The average Bonchev–Trinajstić information content (AvgIpc) is 2.59. The second-order valence-electron chi connectivity index (χ2n) is 5.68. The Kier molecular flexibility index (Phi) is 6.62. The molecule has 144 valence electrons. The van der Waals surface area contributed by atoms with Gasteiger partial charge < -0.3 is 10.6 Å². The standard InChI is InChI=1S/C15H20F2N4O4S/c1-18-13(22)9-19-14(23)10-20-5-7-21(8-6-20)26(24,25)15-11(16)3-2-4-12(15)17/h2-4H,5-10H2,1H3,(H,18,22)(H,19,23). The predicted octanol–water partition coefficient (Wildman–Crippen LogP) is -0.867. The third-order valence-corrected chi connectivity index (χ3v) is 5.89. The highest BCUT2D eigenvalue weighted by Crippen LogP contribution is 2.23. The van der Waals surface area contributed by atoms with E-state index in [1.165, 1.54) is 7.05 Å². The van der Waals surface area contributed by atoms with Crippen LogP contribution in [0.1, 0.15) is 0 Å². The number of rotatable bonds is 6. The van der Waals surface area contributed by atoms with Crippen molar-refractivity contribution in [2.45, 2.75) is 4.90 Å². The molecule has 0 spiro atoms. The Morgan fingerprint density at radius 2 is 1.65 bits per heavy atom. The Morgan fingerprint density at radius 1 is 1.08 bits per heavy atom. The minimum absolute atomic E-state index is 0.00105. The molecular formula is C15H20F2N4O4S. The molecule has 11 heteroatoms. The predicted molar refractivity (Wildman–Crippen MR) is 88.6 cm³/mol. The van der Waals surface area contributed by atoms with Crippen molar-refractivity contribution in [2.24, 2.45) is 0 Å². The number of likely N-dealkylation sites (N-methyl/N-ethyl adjacent to an activating group) is 1. The molecule has 8 nitrogen and oxygen atoms in total. The van der Waals surface area contributed by atoms with Gasteiger partial charge in [0, 0.05) is 33.2 Å². The number of piperazine rings is 1. The van der Waals surface area contributed by atoms with Gasteiger partial charge in [0.1, 0.15) is 11.6 Å². The van der Waals surface area contributed by atoms with Crippen LogP contribution in [0.2, 0.25) is 0 Å². The van der Waals surface area contributed by atoms with Crippen LogP contribution in [0.25, 0.3) is 0 Å². The molecular weight excluding hydrogens is 370 g/mol. The van der Waals surface area contributed by atoms with Gasteiger partial charge in [-0.15, -0.1) is 0 Å². The summed E-state index contributed by atoms with van der Waals surface area (Å²) in [6, 6.07) is 2.88. The van der Waals surface area contributed by atoms with Crippen LogP contribution in [0.3, 0.4) is 0 Å². The normalized spacial score (nSPS) is 16.3. The lowest BCUT2D eigenvalue weighted by molar-refractivity contribution is -0.126. The van der Waals surface area contributed by atoms with Crippen LogP contribution >= 0.6 is 0 Å². The van der Waals surface area contributed by atoms with E-state index in [2.05, 4.69) is 10.6 Å². The molecule has 2 N–H and O–H groups in total. The lowest BCUT2D eigenvalue weighted by Gasteiger charge is -2.33. The first-order valence-electron chi connectivity index (χ1n) is 7.89. The quantitative estimate of drug-likeness (QED) is 0.658. The number of carbonyl (C=O) groups is 2. The summed E-state index contributed by atoms with van der Waals surface area (Å²) in [5.41, 5.74) is 0. The Labute approximate surface area is 150 Å². The molecule has 1 aromatic rings. The van der Waals surface area contributed by atoms with E-state index < -0.39 is 26.6 Å². The van der Waals surface area contributed by atoms with E-state index in [-0.39, 0.29) is 51.1 Å². The SMILES string of the molecule is CNC(=O)CNC(=O)CN1CCN(S(=O)(=O)c2c(F)cccc2F)CC1. The molecule has 0 bridgehead atoms. The summed E-state index contributed by atoms with van der Waals surface area (Å²) >= 11 is 0. The topological polar surface area (TPSA) is 98.8 Å². The average molecular weight is 390 g/mol. The van der Waals surface area contributed by atoms with Gasteiger partial charge in [0.15, 0.2) is 4.90 Å². The van der Waals surface area contributed by atoms with Gasteiger partial charge in [-0.1, -0.05) is 6.07 Å². The fourth-order valence-corrected chi connectivity index (χ4v) is 4.04. The molecule has 2 amide bonds. The van der Waals surface area contributed by atoms with Crippen molar-refractivity contribution in [3.63, 3.8) is 0 Å². The van der Waals surface area contributed by atoms with Crippen LogP contribution in [-0.2, 0) is 19.6 Å². The highest BCUT2D eigenvalue weighted by molar-refractivity contribution is 7.89. The Morgan fingerprint density at radius 3 is 2.19 bits per heavy atom. The van der Waals surface area contributed by atoms with Crippen molar-refractivity contribution in [2.75, 3.05) is 46.3 Å². The van der Waals surface area contributed by atoms with E-state index in [1.807, 2.05) is 0 Å². The van der Waals surface area contributed by atoms with Crippen LogP contribution in [0.5, 0.6) is 0 Å². The monoisotopic (exact) mass is 390 g/mol. The lowest BCUT2D eigenvalue weighted by Crippen LogP contribution is -2.51. The molecule has 0 atom stereocenters. The van der Waals surface area contributed by atoms with Crippen LogP contribution in [0, 0.1) is 11.6 Å². The van der Waals surface area contributed by atoms with E-state index >= 15 is 0 Å². The van der Waals surface area contributed by atoms with Crippen molar-refractivity contribution < 1.29 is 26.8 Å². The summed E-state index contributed by atoms with van der Waals surface area (Å²) in [5, 5.41) is 4.81. The maximum absolute atomic E-state index is 13.8. The van der Waals surface area contributed by atoms with Crippen molar-refractivity contribution in [1.29, 1.82) is 0 Å². The number of hydrogen-bond acceptors (Lipinski definition) is 5. The molecule has 0 saturated carbocycles. The van der Waals surface area contributed by atoms with Crippen LogP contribution < -0.4 is 10.6 Å². The minimum Gasteiger partial charge on any atom is -0.358 e. The van der Waals surface area contributed by atoms with Gasteiger partial charge in [-0.3, -0.25) is 14.5 Å².